The molecule has 2 rings (SSSR count). The van der Waals surface area contributed by atoms with Gasteiger partial charge in [-0.2, -0.15) is 0 Å². The maximum atomic E-state index is 6.21. The summed E-state index contributed by atoms with van der Waals surface area (Å²) in [5, 5.41) is 3.89. The summed E-state index contributed by atoms with van der Waals surface area (Å²) in [5.74, 6) is 0.680. The largest absolute Gasteiger partial charge is 0.354 e. The molecular weight excluding hydrogens is 248 g/mol. The standard InChI is InChI=1S/C13H21ClN4/c1-18(2)9-5-8-15-13-16-11-7-4-3-6-10(11)12(14)17-13/h3-9H2,1-2H3,(H,15,16,17). The van der Waals surface area contributed by atoms with Gasteiger partial charge in [-0.15, -0.1) is 0 Å². The minimum Gasteiger partial charge on any atom is -0.354 e. The molecule has 0 saturated carbocycles. The van der Waals surface area contributed by atoms with E-state index in [9.17, 15) is 0 Å². The molecule has 18 heavy (non-hydrogen) atoms. The molecule has 0 amide bonds. The van der Waals surface area contributed by atoms with E-state index < -0.39 is 0 Å². The molecule has 0 radical (unpaired) electrons. The van der Waals surface area contributed by atoms with E-state index in [1.165, 1.54) is 12.8 Å². The third-order valence-electron chi connectivity index (χ3n) is 3.20. The summed E-state index contributed by atoms with van der Waals surface area (Å²) in [6.45, 7) is 1.94. The van der Waals surface area contributed by atoms with Gasteiger partial charge in [0.25, 0.3) is 0 Å². The van der Waals surface area contributed by atoms with Gasteiger partial charge in [0.05, 0.1) is 5.69 Å². The first-order chi connectivity index (χ1) is 8.66. The third kappa shape index (κ3) is 3.56. The average Bonchev–Trinajstić information content (AvgIpc) is 2.35. The van der Waals surface area contributed by atoms with Crippen molar-refractivity contribution in [2.24, 2.45) is 0 Å². The Kier molecular flexibility index (Phi) is 4.78. The molecule has 1 heterocycles. The lowest BCUT2D eigenvalue weighted by molar-refractivity contribution is 0.405. The van der Waals surface area contributed by atoms with Crippen LogP contribution in [0.2, 0.25) is 5.15 Å². The molecule has 1 aliphatic carbocycles. The Hall–Kier alpha value is -0.870. The number of fused-ring (bicyclic) bond motifs is 1. The molecule has 1 aliphatic rings. The van der Waals surface area contributed by atoms with E-state index in [2.05, 4.69) is 34.3 Å². The van der Waals surface area contributed by atoms with E-state index in [4.69, 9.17) is 11.6 Å². The van der Waals surface area contributed by atoms with Gasteiger partial charge in [-0.3, -0.25) is 0 Å². The lowest BCUT2D eigenvalue weighted by Crippen LogP contribution is -2.18. The molecule has 0 aliphatic heterocycles. The number of nitrogens with one attached hydrogen (secondary N) is 1. The van der Waals surface area contributed by atoms with E-state index in [-0.39, 0.29) is 0 Å². The Morgan fingerprint density at radius 2 is 2.00 bits per heavy atom. The Morgan fingerprint density at radius 3 is 2.78 bits per heavy atom. The lowest BCUT2D eigenvalue weighted by atomic mass is 9.97. The molecule has 0 saturated heterocycles. The van der Waals surface area contributed by atoms with Crippen LogP contribution in [0.4, 0.5) is 5.95 Å². The second-order valence-corrected chi connectivity index (χ2v) is 5.41. The molecule has 1 aromatic heterocycles. The molecule has 0 bridgehead atoms. The smallest absolute Gasteiger partial charge is 0.224 e. The highest BCUT2D eigenvalue weighted by molar-refractivity contribution is 6.30. The number of nitrogens with zero attached hydrogens (tertiary/aromatic N) is 3. The molecule has 0 fully saturated rings. The number of hydrogen-bond acceptors (Lipinski definition) is 4. The molecule has 1 aromatic rings. The number of hydrogen-bond donors (Lipinski definition) is 1. The predicted octanol–water partition coefficient (Wildman–Crippen LogP) is 2.37. The first kappa shape index (κ1) is 13.6. The predicted molar refractivity (Wildman–Crippen MR) is 75.3 cm³/mol. The number of rotatable bonds is 5. The second kappa shape index (κ2) is 6.34. The van der Waals surface area contributed by atoms with Gasteiger partial charge in [-0.05, 0) is 52.7 Å². The summed E-state index contributed by atoms with van der Waals surface area (Å²) in [4.78, 5) is 11.1. The molecule has 0 spiro atoms. The van der Waals surface area contributed by atoms with Gasteiger partial charge >= 0.3 is 0 Å². The number of anilines is 1. The van der Waals surface area contributed by atoms with Crippen LogP contribution >= 0.6 is 11.6 Å². The highest BCUT2D eigenvalue weighted by Crippen LogP contribution is 2.26. The Morgan fingerprint density at radius 1 is 1.22 bits per heavy atom. The number of aryl methyl sites for hydroxylation is 1. The summed E-state index contributed by atoms with van der Waals surface area (Å²) in [6.07, 6.45) is 5.54. The van der Waals surface area contributed by atoms with Gasteiger partial charge in [-0.25, -0.2) is 9.97 Å². The zero-order valence-corrected chi connectivity index (χ0v) is 11.9. The van der Waals surface area contributed by atoms with Crippen LogP contribution in [0, 0.1) is 0 Å². The first-order valence-electron chi connectivity index (χ1n) is 6.60. The Bertz CT molecular complexity index is 406. The fraction of sp³-hybridized carbons (Fsp3) is 0.692. The van der Waals surface area contributed by atoms with Crippen LogP contribution < -0.4 is 5.32 Å². The van der Waals surface area contributed by atoms with E-state index in [1.54, 1.807) is 0 Å². The Balaban J connectivity index is 1.95. The maximum Gasteiger partial charge on any atom is 0.224 e. The van der Waals surface area contributed by atoms with Crippen molar-refractivity contribution in [3.63, 3.8) is 0 Å². The molecule has 0 aromatic carbocycles. The normalized spacial score (nSPS) is 14.7. The van der Waals surface area contributed by atoms with Gasteiger partial charge in [0.1, 0.15) is 5.15 Å². The topological polar surface area (TPSA) is 41.0 Å². The number of aromatic nitrogens is 2. The molecule has 0 atom stereocenters. The molecule has 5 heteroatoms. The lowest BCUT2D eigenvalue weighted by Gasteiger charge is -2.17. The fourth-order valence-electron chi connectivity index (χ4n) is 2.22. The van der Waals surface area contributed by atoms with E-state index in [0.717, 1.165) is 43.6 Å². The third-order valence-corrected chi connectivity index (χ3v) is 3.51. The summed E-state index contributed by atoms with van der Waals surface area (Å²) < 4.78 is 0. The van der Waals surface area contributed by atoms with Crippen LogP contribution in [0.25, 0.3) is 0 Å². The van der Waals surface area contributed by atoms with Crippen molar-refractivity contribution in [2.75, 3.05) is 32.5 Å². The van der Waals surface area contributed by atoms with Crippen LogP contribution in [-0.2, 0) is 12.8 Å². The highest BCUT2D eigenvalue weighted by Gasteiger charge is 2.16. The van der Waals surface area contributed by atoms with Crippen molar-refractivity contribution < 1.29 is 0 Å². The van der Waals surface area contributed by atoms with E-state index in [0.29, 0.717) is 11.1 Å². The SMILES string of the molecule is CN(C)CCCNc1nc(Cl)c2c(n1)CCCC2. The summed E-state index contributed by atoms with van der Waals surface area (Å²) in [5.41, 5.74) is 2.29. The molecule has 0 unspecified atom stereocenters. The summed E-state index contributed by atoms with van der Waals surface area (Å²) in [6, 6.07) is 0. The van der Waals surface area contributed by atoms with Crippen LogP contribution in [0.3, 0.4) is 0 Å². The molecule has 4 nitrogen and oxygen atoms in total. The van der Waals surface area contributed by atoms with Crippen LogP contribution in [-0.4, -0.2) is 42.1 Å². The molecule has 1 N–H and O–H groups in total. The van der Waals surface area contributed by atoms with Crippen molar-refractivity contribution in [2.45, 2.75) is 32.1 Å². The minimum atomic E-state index is 0.634. The Labute approximate surface area is 114 Å². The van der Waals surface area contributed by atoms with Gasteiger partial charge < -0.3 is 10.2 Å². The van der Waals surface area contributed by atoms with Crippen LogP contribution in [0.15, 0.2) is 0 Å². The summed E-state index contributed by atoms with van der Waals surface area (Å²) in [7, 11) is 4.15. The van der Waals surface area contributed by atoms with Crippen LogP contribution in [0.1, 0.15) is 30.5 Å². The number of halogens is 1. The zero-order valence-electron chi connectivity index (χ0n) is 11.2. The maximum absolute atomic E-state index is 6.21. The van der Waals surface area contributed by atoms with Crippen molar-refractivity contribution in [3.05, 3.63) is 16.4 Å². The van der Waals surface area contributed by atoms with Crippen molar-refractivity contribution in [3.8, 4) is 0 Å². The zero-order chi connectivity index (χ0) is 13.0. The summed E-state index contributed by atoms with van der Waals surface area (Å²) >= 11 is 6.21. The first-order valence-corrected chi connectivity index (χ1v) is 6.98. The van der Waals surface area contributed by atoms with Crippen molar-refractivity contribution in [1.82, 2.24) is 14.9 Å². The van der Waals surface area contributed by atoms with Gasteiger partial charge in [-0.1, -0.05) is 11.6 Å². The average molecular weight is 269 g/mol. The van der Waals surface area contributed by atoms with Gasteiger partial charge in [0, 0.05) is 12.1 Å². The van der Waals surface area contributed by atoms with Crippen LogP contribution in [0.5, 0.6) is 0 Å². The van der Waals surface area contributed by atoms with Crippen molar-refractivity contribution >= 4 is 17.5 Å². The molecule has 100 valence electrons. The van der Waals surface area contributed by atoms with Gasteiger partial charge in [0.15, 0.2) is 0 Å². The van der Waals surface area contributed by atoms with Crippen molar-refractivity contribution in [1.29, 1.82) is 0 Å². The van der Waals surface area contributed by atoms with E-state index >= 15 is 0 Å². The fourth-order valence-corrected chi connectivity index (χ4v) is 2.51. The molecular formula is C13H21ClN4. The second-order valence-electron chi connectivity index (χ2n) is 5.05. The van der Waals surface area contributed by atoms with Gasteiger partial charge in [0.2, 0.25) is 5.95 Å². The highest BCUT2D eigenvalue weighted by atomic mass is 35.5. The quantitative estimate of drug-likeness (QED) is 0.658. The minimum absolute atomic E-state index is 0.634. The monoisotopic (exact) mass is 268 g/mol. The van der Waals surface area contributed by atoms with E-state index in [1.807, 2.05) is 0 Å².